The Morgan fingerprint density at radius 3 is 2.44 bits per heavy atom. The molecule has 190 valence electrons. The molecule has 0 fully saturated rings. The van der Waals surface area contributed by atoms with Crippen LogP contribution in [-0.4, -0.2) is 83.1 Å². The molecule has 2 amide bonds. The number of carbonyl (C=O) groups excluding carboxylic acids is 4. The maximum atomic E-state index is 12.8. The summed E-state index contributed by atoms with van der Waals surface area (Å²) in [6.07, 6.45) is 1.34. The molecule has 2 rings (SSSR count). The zero-order chi connectivity index (χ0) is 25.8. The highest BCUT2D eigenvalue weighted by Gasteiger charge is 2.45. The van der Waals surface area contributed by atoms with E-state index in [-0.39, 0.29) is 21.4 Å². The molecule has 0 radical (unpaired) electrons. The van der Waals surface area contributed by atoms with Crippen molar-refractivity contribution in [1.29, 1.82) is 0 Å². The molecule has 2 heterocycles. The molecule has 2 atom stereocenters. The van der Waals surface area contributed by atoms with Crippen LogP contribution in [0.2, 0.25) is 0 Å². The van der Waals surface area contributed by atoms with Crippen LogP contribution in [0.4, 0.5) is 0 Å². The van der Waals surface area contributed by atoms with E-state index >= 15 is 0 Å². The molecule has 2 aliphatic rings. The lowest BCUT2D eigenvalue weighted by molar-refractivity contribution is -0.159. The fraction of sp³-hybridized carbons (Fsp3) is 0.556. The van der Waals surface area contributed by atoms with Gasteiger partial charge in [0.1, 0.15) is 8.47 Å². The third-order valence-corrected chi connectivity index (χ3v) is 10.3. The van der Waals surface area contributed by atoms with E-state index < -0.39 is 74.7 Å². The van der Waals surface area contributed by atoms with Crippen LogP contribution in [0, 0.1) is 0 Å². The van der Waals surface area contributed by atoms with Crippen LogP contribution in [0.5, 0.6) is 0 Å². The van der Waals surface area contributed by atoms with E-state index in [0.717, 1.165) is 6.92 Å². The zero-order valence-electron chi connectivity index (χ0n) is 18.6. The quantitative estimate of drug-likeness (QED) is 0.331. The van der Waals surface area contributed by atoms with E-state index in [0.29, 0.717) is 17.3 Å². The predicted octanol–water partition coefficient (Wildman–Crippen LogP) is -1.28. The Morgan fingerprint density at radius 1 is 1.24 bits per heavy atom. The molecule has 0 spiro atoms. The van der Waals surface area contributed by atoms with E-state index in [9.17, 15) is 36.0 Å². The van der Waals surface area contributed by atoms with Gasteiger partial charge < -0.3 is 19.7 Å². The molecule has 3 N–H and O–H groups in total. The molecule has 0 saturated carbocycles. The molecule has 13 nitrogen and oxygen atoms in total. The Bertz CT molecular complexity index is 1160. The Hall–Kier alpha value is -2.43. The van der Waals surface area contributed by atoms with Gasteiger partial charge in [-0.2, -0.15) is 0 Å². The Kier molecular flexibility index (Phi) is 8.90. The number of amides is 2. The van der Waals surface area contributed by atoms with Gasteiger partial charge in [0.15, 0.2) is 23.1 Å². The Balaban J connectivity index is 2.12. The minimum atomic E-state index is -4.25. The number of nitrogens with one attached hydrogen (secondary N) is 1. The topological polar surface area (TPSA) is 196 Å². The third kappa shape index (κ3) is 6.58. The lowest BCUT2D eigenvalue weighted by Gasteiger charge is -2.32. The van der Waals surface area contributed by atoms with E-state index in [1.54, 1.807) is 6.92 Å². The van der Waals surface area contributed by atoms with Crippen molar-refractivity contribution in [2.45, 2.75) is 38.5 Å². The van der Waals surface area contributed by atoms with Crippen molar-refractivity contribution in [3.63, 3.8) is 0 Å². The molecule has 34 heavy (non-hydrogen) atoms. The number of sulfonamides is 1. The number of esters is 2. The average molecular weight is 540 g/mol. The number of primary sulfonamides is 1. The highest BCUT2D eigenvalue weighted by atomic mass is 32.3. The molecule has 0 aromatic heterocycles. The van der Waals surface area contributed by atoms with Gasteiger partial charge in [0.25, 0.3) is 5.91 Å². The van der Waals surface area contributed by atoms with Gasteiger partial charge in [-0.05, 0) is 31.9 Å². The molecule has 0 aromatic rings. The monoisotopic (exact) mass is 539 g/mol. The summed E-state index contributed by atoms with van der Waals surface area (Å²) in [6.45, 7) is 2.35. The molecule has 16 heteroatoms. The van der Waals surface area contributed by atoms with Gasteiger partial charge in [0.05, 0.1) is 17.8 Å². The number of nitrogens with zero attached hydrogens (tertiary/aromatic N) is 1. The molecule has 0 unspecified atom stereocenters. The number of carbonyl (C=O) groups is 4. The van der Waals surface area contributed by atoms with Crippen molar-refractivity contribution in [1.82, 2.24) is 10.2 Å². The van der Waals surface area contributed by atoms with Crippen LogP contribution in [0.1, 0.15) is 27.2 Å². The summed E-state index contributed by atoms with van der Waals surface area (Å²) in [6, 6.07) is -0.986. The van der Waals surface area contributed by atoms with Crippen molar-refractivity contribution in [2.75, 3.05) is 26.3 Å². The van der Waals surface area contributed by atoms with Crippen molar-refractivity contribution in [3.8, 4) is 0 Å². The molecule has 0 aliphatic carbocycles. The maximum absolute atomic E-state index is 12.8. The summed E-state index contributed by atoms with van der Waals surface area (Å²) in [5.74, 6) is -3.09. The molecular weight excluding hydrogens is 514 g/mol. The first-order valence-corrected chi connectivity index (χ1v) is 13.8. The summed E-state index contributed by atoms with van der Waals surface area (Å²) in [5.41, 5.74) is 0.380. The van der Waals surface area contributed by atoms with Crippen molar-refractivity contribution >= 4 is 55.4 Å². The highest BCUT2D eigenvalue weighted by Crippen LogP contribution is 2.48. The summed E-state index contributed by atoms with van der Waals surface area (Å²) in [5, 5.41) is 6.70. The molecule has 2 aliphatic heterocycles. The van der Waals surface area contributed by atoms with Crippen LogP contribution < -0.4 is 10.5 Å². The summed E-state index contributed by atoms with van der Waals surface area (Å²) < 4.78 is 57.8. The molecular formula is C18H25N3O10S3. The van der Waals surface area contributed by atoms with Crippen molar-refractivity contribution in [2.24, 2.45) is 5.14 Å². The number of hydrogen-bond acceptors (Lipinski definition) is 11. The second kappa shape index (κ2) is 10.9. The third-order valence-electron chi connectivity index (χ3n) is 4.87. The minimum absolute atomic E-state index is 0.0705. The molecule has 0 aromatic carbocycles. The number of hydrogen-bond donors (Lipinski definition) is 2. The van der Waals surface area contributed by atoms with Gasteiger partial charge in [0, 0.05) is 13.5 Å². The predicted molar refractivity (Wildman–Crippen MR) is 121 cm³/mol. The zero-order valence-corrected chi connectivity index (χ0v) is 21.0. The number of sulfone groups is 1. The lowest BCUT2D eigenvalue weighted by Crippen LogP contribution is -2.47. The Labute approximate surface area is 201 Å². The second-order valence-corrected chi connectivity index (χ2v) is 12.7. The standard InChI is InChI=1S/C18H25N3O10S3/c1-4-21(15(24)7-20-14(23)8-31-16(25)9-30-11(3)22)13-6-17(34(19,28)29)32-18-12(13)5-10(2)33(18,26)27/h6,10,13H,4-5,7-9H2,1-3H3,(H,20,23)(H2,19,28,29)/t10-,13-/m0/s1. The largest absolute Gasteiger partial charge is 0.454 e. The molecule has 0 bridgehead atoms. The lowest BCUT2D eigenvalue weighted by atomic mass is 10.0. The van der Waals surface area contributed by atoms with E-state index in [1.807, 2.05) is 0 Å². The first-order valence-electron chi connectivity index (χ1n) is 9.93. The Morgan fingerprint density at radius 2 is 1.88 bits per heavy atom. The number of nitrogens with two attached hydrogens (primary N) is 1. The van der Waals surface area contributed by atoms with Crippen LogP contribution in [0.25, 0.3) is 0 Å². The first kappa shape index (κ1) is 27.8. The first-order chi connectivity index (χ1) is 15.7. The van der Waals surface area contributed by atoms with Crippen LogP contribution in [0.3, 0.4) is 0 Å². The fourth-order valence-electron chi connectivity index (χ4n) is 3.22. The van der Waals surface area contributed by atoms with E-state index in [4.69, 9.17) is 5.14 Å². The van der Waals surface area contributed by atoms with Crippen LogP contribution >= 0.6 is 11.8 Å². The summed E-state index contributed by atoms with van der Waals surface area (Å²) in [4.78, 5) is 48.0. The molecule has 0 saturated heterocycles. The highest BCUT2D eigenvalue weighted by molar-refractivity contribution is 8.27. The minimum Gasteiger partial charge on any atom is -0.454 e. The SMILES string of the molecule is CCN(C(=O)CNC(=O)COC(=O)COC(C)=O)[C@H]1C=C(S(N)(=O)=O)SC2=C1C[C@H](C)S2(=O)=O. The van der Waals surface area contributed by atoms with Gasteiger partial charge in [-0.3, -0.25) is 14.4 Å². The number of likely N-dealkylation sites (N-methyl/N-ethyl adjacent to an activating group) is 1. The summed E-state index contributed by atoms with van der Waals surface area (Å²) >= 11 is 0.549. The van der Waals surface area contributed by atoms with Gasteiger partial charge in [0.2, 0.25) is 15.9 Å². The summed E-state index contributed by atoms with van der Waals surface area (Å²) in [7, 11) is -8.02. The number of rotatable bonds is 9. The van der Waals surface area contributed by atoms with Gasteiger partial charge in [-0.25, -0.2) is 26.8 Å². The average Bonchev–Trinajstić information content (AvgIpc) is 2.97. The van der Waals surface area contributed by atoms with Crippen LogP contribution in [0.15, 0.2) is 20.1 Å². The second-order valence-electron chi connectivity index (χ2n) is 7.35. The normalized spacial score (nSPS) is 21.2. The van der Waals surface area contributed by atoms with E-state index in [2.05, 4.69) is 14.8 Å². The van der Waals surface area contributed by atoms with Gasteiger partial charge >= 0.3 is 11.9 Å². The fourth-order valence-corrected chi connectivity index (χ4v) is 7.69. The van der Waals surface area contributed by atoms with Crippen LogP contribution in [-0.2, 0) is 48.5 Å². The smallest absolute Gasteiger partial charge is 0.344 e. The van der Waals surface area contributed by atoms with Crippen molar-refractivity contribution in [3.05, 3.63) is 20.1 Å². The number of ether oxygens (including phenoxy) is 2. The van der Waals surface area contributed by atoms with Gasteiger partial charge in [-0.1, -0.05) is 11.8 Å². The van der Waals surface area contributed by atoms with Crippen molar-refractivity contribution < 1.29 is 45.5 Å². The number of thioether (sulfide) groups is 1. The van der Waals surface area contributed by atoms with E-state index in [1.165, 1.54) is 17.9 Å². The van der Waals surface area contributed by atoms with Gasteiger partial charge in [-0.15, -0.1) is 0 Å². The maximum Gasteiger partial charge on any atom is 0.344 e.